The van der Waals surface area contributed by atoms with Crippen molar-refractivity contribution in [3.8, 4) is 16.3 Å². The number of fused-ring (bicyclic) bond motifs is 1. The summed E-state index contributed by atoms with van der Waals surface area (Å²) >= 11 is 1.63. The smallest absolute Gasteiger partial charge is 0.311 e. The molecule has 0 aliphatic rings. The van der Waals surface area contributed by atoms with Crippen LogP contribution in [-0.2, 0) is 0 Å². The normalized spacial score (nSPS) is 11.3. The van der Waals surface area contributed by atoms with Crippen LogP contribution in [0.2, 0.25) is 0 Å². The summed E-state index contributed by atoms with van der Waals surface area (Å²) in [4.78, 5) is 19.2. The molecular weight excluding hydrogens is 362 g/mol. The average molecular weight is 375 g/mol. The third-order valence-corrected chi connectivity index (χ3v) is 5.09. The fraction of sp³-hybridized carbons (Fsp3) is 0. The summed E-state index contributed by atoms with van der Waals surface area (Å²) in [5.74, 6) is -0.391. The molecule has 0 saturated heterocycles. The van der Waals surface area contributed by atoms with E-state index in [1.807, 2.05) is 48.5 Å². The molecule has 0 aliphatic heterocycles. The minimum atomic E-state index is -0.626. The van der Waals surface area contributed by atoms with Crippen molar-refractivity contribution >= 4 is 39.1 Å². The highest BCUT2D eigenvalue weighted by molar-refractivity contribution is 7.21. The number of nitrogens with zero attached hydrogens (tertiary/aromatic N) is 3. The number of aromatic nitrogens is 1. The topological polar surface area (TPSA) is 88.6 Å². The van der Waals surface area contributed by atoms with E-state index in [1.54, 1.807) is 17.4 Å². The zero-order chi connectivity index (χ0) is 18.8. The fourth-order valence-electron chi connectivity index (χ4n) is 2.63. The first-order chi connectivity index (χ1) is 13.1. The van der Waals surface area contributed by atoms with E-state index in [9.17, 15) is 15.2 Å². The Hall–Kier alpha value is -3.58. The van der Waals surface area contributed by atoms with Crippen LogP contribution < -0.4 is 0 Å². The Labute approximate surface area is 158 Å². The average Bonchev–Trinajstić information content (AvgIpc) is 3.11. The lowest BCUT2D eigenvalue weighted by Crippen LogP contribution is -1.91. The number of phenolic OH excluding ortho intramolecular Hbond substituents is 1. The summed E-state index contributed by atoms with van der Waals surface area (Å²) in [6.45, 7) is 0. The van der Waals surface area contributed by atoms with Crippen LogP contribution in [0.3, 0.4) is 0 Å². The van der Waals surface area contributed by atoms with Gasteiger partial charge in [-0.15, -0.1) is 11.3 Å². The van der Waals surface area contributed by atoms with Gasteiger partial charge in [0, 0.05) is 23.4 Å². The van der Waals surface area contributed by atoms with Gasteiger partial charge < -0.3 is 5.11 Å². The van der Waals surface area contributed by atoms with Crippen molar-refractivity contribution in [3.05, 3.63) is 82.4 Å². The van der Waals surface area contributed by atoms with E-state index in [2.05, 4.69) is 9.98 Å². The van der Waals surface area contributed by atoms with Crippen LogP contribution in [0, 0.1) is 10.1 Å². The first-order valence-corrected chi connectivity index (χ1v) is 8.90. The van der Waals surface area contributed by atoms with E-state index >= 15 is 0 Å². The monoisotopic (exact) mass is 375 g/mol. The number of benzene rings is 3. The lowest BCUT2D eigenvalue weighted by Gasteiger charge is -2.00. The van der Waals surface area contributed by atoms with Crippen molar-refractivity contribution in [1.29, 1.82) is 0 Å². The first-order valence-electron chi connectivity index (χ1n) is 8.08. The highest BCUT2D eigenvalue weighted by atomic mass is 32.1. The summed E-state index contributed by atoms with van der Waals surface area (Å²) in [5, 5.41) is 21.8. The summed E-state index contributed by atoms with van der Waals surface area (Å²) in [6.07, 6.45) is 1.41. The summed E-state index contributed by atoms with van der Waals surface area (Å²) in [7, 11) is 0. The Kier molecular flexibility index (Phi) is 4.35. The predicted molar refractivity (Wildman–Crippen MR) is 107 cm³/mol. The Balaban J connectivity index is 1.58. The van der Waals surface area contributed by atoms with Gasteiger partial charge in [0.2, 0.25) is 5.75 Å². The number of phenols is 1. The third kappa shape index (κ3) is 3.40. The second-order valence-electron chi connectivity index (χ2n) is 5.76. The van der Waals surface area contributed by atoms with E-state index in [0.717, 1.165) is 20.8 Å². The van der Waals surface area contributed by atoms with Crippen molar-refractivity contribution < 1.29 is 10.0 Å². The lowest BCUT2D eigenvalue weighted by molar-refractivity contribution is -0.385. The van der Waals surface area contributed by atoms with Crippen LogP contribution in [0.1, 0.15) is 5.56 Å². The van der Waals surface area contributed by atoms with Crippen LogP contribution in [0.5, 0.6) is 5.75 Å². The molecule has 132 valence electrons. The molecule has 1 heterocycles. The molecule has 0 unspecified atom stereocenters. The predicted octanol–water partition coefficient (Wildman–Crippen LogP) is 5.33. The van der Waals surface area contributed by atoms with E-state index in [0.29, 0.717) is 11.3 Å². The number of para-hydroxylation sites is 2. The Morgan fingerprint density at radius 3 is 2.56 bits per heavy atom. The lowest BCUT2D eigenvalue weighted by atomic mass is 10.2. The molecule has 0 radical (unpaired) electrons. The molecule has 3 aromatic carbocycles. The minimum absolute atomic E-state index is 0.291. The molecule has 1 aromatic heterocycles. The van der Waals surface area contributed by atoms with Gasteiger partial charge in [-0.3, -0.25) is 15.1 Å². The highest BCUT2D eigenvalue weighted by Crippen LogP contribution is 2.31. The molecule has 0 fully saturated rings. The Morgan fingerprint density at radius 2 is 1.81 bits per heavy atom. The van der Waals surface area contributed by atoms with Gasteiger partial charge in [0.1, 0.15) is 5.01 Å². The number of hydrogen-bond acceptors (Lipinski definition) is 6. The molecule has 0 spiro atoms. The summed E-state index contributed by atoms with van der Waals surface area (Å²) in [5.41, 5.74) is 2.59. The maximum atomic E-state index is 10.9. The maximum absolute atomic E-state index is 10.9. The number of rotatable bonds is 4. The number of nitro groups is 1. The molecule has 0 atom stereocenters. The SMILES string of the molecule is O=[N+]([O-])c1cccc(C=Nc2ccc(-c3nc4ccccc4s3)cc2)c1O. The number of nitro benzene ring substituents is 1. The molecule has 7 heteroatoms. The zero-order valence-electron chi connectivity index (χ0n) is 13.9. The first kappa shape index (κ1) is 16.9. The molecule has 0 aliphatic carbocycles. The van der Waals surface area contributed by atoms with Crippen LogP contribution in [0.4, 0.5) is 11.4 Å². The standard InChI is InChI=1S/C20H13N3O3S/c24-19-14(4-3-6-17(19)23(25)26)12-21-15-10-8-13(9-11-15)20-22-16-5-1-2-7-18(16)27-20/h1-12,24H. The number of aromatic hydroxyl groups is 1. The van der Waals surface area contributed by atoms with Crippen LogP contribution in [0.25, 0.3) is 20.8 Å². The van der Waals surface area contributed by atoms with Gasteiger partial charge in [-0.05, 0) is 42.5 Å². The van der Waals surface area contributed by atoms with Crippen molar-refractivity contribution in [2.45, 2.75) is 0 Å². The van der Waals surface area contributed by atoms with Crippen molar-refractivity contribution in [2.24, 2.45) is 4.99 Å². The molecule has 0 saturated carbocycles. The molecule has 6 nitrogen and oxygen atoms in total. The van der Waals surface area contributed by atoms with E-state index in [1.165, 1.54) is 18.3 Å². The fourth-order valence-corrected chi connectivity index (χ4v) is 3.60. The molecule has 1 N–H and O–H groups in total. The zero-order valence-corrected chi connectivity index (χ0v) is 14.8. The highest BCUT2D eigenvalue weighted by Gasteiger charge is 2.15. The second-order valence-corrected chi connectivity index (χ2v) is 6.79. The number of thiazole rings is 1. The molecule has 0 amide bonds. The quantitative estimate of drug-likeness (QED) is 0.297. The van der Waals surface area contributed by atoms with E-state index in [4.69, 9.17) is 0 Å². The van der Waals surface area contributed by atoms with Crippen LogP contribution in [-0.4, -0.2) is 21.2 Å². The van der Waals surface area contributed by atoms with E-state index < -0.39 is 10.7 Å². The van der Waals surface area contributed by atoms with Gasteiger partial charge in [-0.2, -0.15) is 0 Å². The van der Waals surface area contributed by atoms with Crippen molar-refractivity contribution in [2.75, 3.05) is 0 Å². The number of aliphatic imine (C=N–C) groups is 1. The maximum Gasteiger partial charge on any atom is 0.311 e. The van der Waals surface area contributed by atoms with Gasteiger partial charge in [0.25, 0.3) is 0 Å². The Bertz CT molecular complexity index is 1130. The minimum Gasteiger partial charge on any atom is -0.502 e. The van der Waals surface area contributed by atoms with Crippen molar-refractivity contribution in [1.82, 2.24) is 4.98 Å². The molecular formula is C20H13N3O3S. The van der Waals surface area contributed by atoms with Gasteiger partial charge in [0.05, 0.1) is 20.8 Å². The molecule has 27 heavy (non-hydrogen) atoms. The third-order valence-electron chi connectivity index (χ3n) is 4.00. The van der Waals surface area contributed by atoms with Gasteiger partial charge >= 0.3 is 5.69 Å². The number of hydrogen-bond donors (Lipinski definition) is 1. The van der Waals surface area contributed by atoms with E-state index in [-0.39, 0.29) is 5.69 Å². The largest absolute Gasteiger partial charge is 0.502 e. The second kappa shape index (κ2) is 6.97. The van der Waals surface area contributed by atoms with Gasteiger partial charge in [-0.1, -0.05) is 18.2 Å². The Morgan fingerprint density at radius 1 is 1.04 bits per heavy atom. The summed E-state index contributed by atoms with van der Waals surface area (Å²) in [6, 6.07) is 19.9. The molecule has 0 bridgehead atoms. The van der Waals surface area contributed by atoms with Gasteiger partial charge in [-0.25, -0.2) is 4.98 Å². The summed E-state index contributed by atoms with van der Waals surface area (Å²) < 4.78 is 1.13. The van der Waals surface area contributed by atoms with Crippen LogP contribution >= 0.6 is 11.3 Å². The molecule has 4 aromatic rings. The van der Waals surface area contributed by atoms with Gasteiger partial charge in [0.15, 0.2) is 0 Å². The van der Waals surface area contributed by atoms with Crippen molar-refractivity contribution in [3.63, 3.8) is 0 Å². The van der Waals surface area contributed by atoms with Crippen LogP contribution in [0.15, 0.2) is 71.7 Å². The molecule has 4 rings (SSSR count).